The molecule has 0 spiro atoms. The summed E-state index contributed by atoms with van der Waals surface area (Å²) in [7, 11) is 1.29. The van der Waals surface area contributed by atoms with Crippen LogP contribution in [0.2, 0.25) is 0 Å². The Morgan fingerprint density at radius 1 is 1.25 bits per heavy atom. The van der Waals surface area contributed by atoms with Crippen molar-refractivity contribution in [3.8, 4) is 5.75 Å². The lowest BCUT2D eigenvalue weighted by molar-refractivity contribution is 0.0600. The topological polar surface area (TPSA) is 104 Å². The number of anilines is 1. The number of amides is 1. The van der Waals surface area contributed by atoms with Crippen molar-refractivity contribution in [1.29, 1.82) is 0 Å². The molecule has 1 amide bonds. The van der Waals surface area contributed by atoms with Gasteiger partial charge in [-0.25, -0.2) is 4.79 Å². The molecule has 0 bridgehead atoms. The van der Waals surface area contributed by atoms with Gasteiger partial charge in [-0.3, -0.25) is 4.79 Å². The summed E-state index contributed by atoms with van der Waals surface area (Å²) in [5.41, 5.74) is 6.47. The molecule has 7 heteroatoms. The van der Waals surface area contributed by atoms with Crippen molar-refractivity contribution in [3.05, 3.63) is 47.4 Å². The summed E-state index contributed by atoms with van der Waals surface area (Å²) >= 11 is 0. The number of nitrogens with one attached hydrogen (secondary N) is 1. The summed E-state index contributed by atoms with van der Waals surface area (Å²) in [5, 5.41) is 2.72. The Hall–Kier alpha value is -2.80. The van der Waals surface area contributed by atoms with Gasteiger partial charge in [0, 0.05) is 0 Å². The summed E-state index contributed by atoms with van der Waals surface area (Å²) in [4.78, 5) is 24.0. The number of rotatable bonds is 6. The summed E-state index contributed by atoms with van der Waals surface area (Å²) in [6, 6.07) is 6.25. The zero-order valence-corrected chi connectivity index (χ0v) is 13.8. The minimum Gasteiger partial charge on any atom is -0.489 e. The molecule has 7 nitrogen and oxygen atoms in total. The highest BCUT2D eigenvalue weighted by molar-refractivity contribution is 6.05. The van der Waals surface area contributed by atoms with Gasteiger partial charge < -0.3 is 24.9 Å². The van der Waals surface area contributed by atoms with Crippen LogP contribution in [0.5, 0.6) is 5.75 Å². The molecule has 1 aromatic carbocycles. The van der Waals surface area contributed by atoms with Gasteiger partial charge in [0.15, 0.2) is 0 Å². The highest BCUT2D eigenvalue weighted by atomic mass is 16.5. The van der Waals surface area contributed by atoms with E-state index in [-0.39, 0.29) is 12.6 Å². The standard InChI is InChI=1S/C17H20N2O5/c1-10(2)24-15-5-4-11(17(21)22-3)7-14(15)19-16(20)12-6-13(8-18)23-9-12/h4-7,9-10H,8,18H2,1-3H3,(H,19,20). The lowest BCUT2D eigenvalue weighted by Gasteiger charge is -2.15. The Morgan fingerprint density at radius 3 is 2.58 bits per heavy atom. The molecule has 0 atom stereocenters. The minimum atomic E-state index is -0.504. The predicted molar refractivity (Wildman–Crippen MR) is 88.1 cm³/mol. The van der Waals surface area contributed by atoms with Crippen LogP contribution in [0.3, 0.4) is 0 Å². The third kappa shape index (κ3) is 4.14. The molecule has 3 N–H and O–H groups in total. The van der Waals surface area contributed by atoms with Gasteiger partial charge in [0.2, 0.25) is 0 Å². The van der Waals surface area contributed by atoms with E-state index in [1.54, 1.807) is 18.2 Å². The number of hydrogen-bond donors (Lipinski definition) is 2. The molecule has 0 saturated carbocycles. The molecule has 1 heterocycles. The number of carbonyl (C=O) groups is 2. The van der Waals surface area contributed by atoms with Crippen LogP contribution >= 0.6 is 0 Å². The molecule has 2 aromatic rings. The van der Waals surface area contributed by atoms with Gasteiger partial charge in [-0.15, -0.1) is 0 Å². The zero-order chi connectivity index (χ0) is 17.7. The Bertz CT molecular complexity index is 736. The quantitative estimate of drug-likeness (QED) is 0.788. The Balaban J connectivity index is 2.30. The van der Waals surface area contributed by atoms with E-state index in [0.717, 1.165) is 0 Å². The monoisotopic (exact) mass is 332 g/mol. The van der Waals surface area contributed by atoms with Gasteiger partial charge in [-0.05, 0) is 38.1 Å². The van der Waals surface area contributed by atoms with Crippen LogP contribution in [-0.2, 0) is 11.3 Å². The van der Waals surface area contributed by atoms with E-state index in [1.165, 1.54) is 19.4 Å². The molecular formula is C17H20N2O5. The first kappa shape index (κ1) is 17.6. The Morgan fingerprint density at radius 2 is 2.00 bits per heavy atom. The van der Waals surface area contributed by atoms with Crippen molar-refractivity contribution in [2.75, 3.05) is 12.4 Å². The number of benzene rings is 1. The fraction of sp³-hybridized carbons (Fsp3) is 0.294. The lowest BCUT2D eigenvalue weighted by Crippen LogP contribution is -2.15. The second-order valence-corrected chi connectivity index (χ2v) is 5.33. The fourth-order valence-corrected chi connectivity index (χ4v) is 2.03. The third-order valence-electron chi connectivity index (χ3n) is 3.13. The van der Waals surface area contributed by atoms with Crippen molar-refractivity contribution in [3.63, 3.8) is 0 Å². The molecule has 1 aromatic heterocycles. The first-order chi connectivity index (χ1) is 11.4. The number of nitrogens with two attached hydrogens (primary N) is 1. The van der Waals surface area contributed by atoms with E-state index in [2.05, 4.69) is 5.32 Å². The van der Waals surface area contributed by atoms with Crippen molar-refractivity contribution in [2.45, 2.75) is 26.5 Å². The smallest absolute Gasteiger partial charge is 0.337 e. The molecule has 0 radical (unpaired) electrons. The first-order valence-electron chi connectivity index (χ1n) is 7.42. The highest BCUT2D eigenvalue weighted by Crippen LogP contribution is 2.28. The molecule has 0 unspecified atom stereocenters. The number of methoxy groups -OCH3 is 1. The number of esters is 1. The summed E-state index contributed by atoms with van der Waals surface area (Å²) in [6.45, 7) is 3.93. The lowest BCUT2D eigenvalue weighted by atomic mass is 10.1. The normalized spacial score (nSPS) is 10.5. The second kappa shape index (κ2) is 7.65. The minimum absolute atomic E-state index is 0.0950. The fourth-order valence-electron chi connectivity index (χ4n) is 2.03. The first-order valence-corrected chi connectivity index (χ1v) is 7.42. The number of carbonyl (C=O) groups excluding carboxylic acids is 2. The van der Waals surface area contributed by atoms with Crippen LogP contribution < -0.4 is 15.8 Å². The van der Waals surface area contributed by atoms with Crippen LogP contribution in [-0.4, -0.2) is 25.1 Å². The average molecular weight is 332 g/mol. The number of ether oxygens (including phenoxy) is 2. The van der Waals surface area contributed by atoms with Crippen molar-refractivity contribution < 1.29 is 23.5 Å². The van der Waals surface area contributed by atoms with E-state index in [1.807, 2.05) is 13.8 Å². The molecule has 128 valence electrons. The Kier molecular flexibility index (Phi) is 5.59. The van der Waals surface area contributed by atoms with Gasteiger partial charge in [0.1, 0.15) is 17.8 Å². The highest BCUT2D eigenvalue weighted by Gasteiger charge is 2.16. The van der Waals surface area contributed by atoms with E-state index < -0.39 is 11.9 Å². The number of furan rings is 1. The van der Waals surface area contributed by atoms with Gasteiger partial charge >= 0.3 is 5.97 Å². The SMILES string of the molecule is COC(=O)c1ccc(OC(C)C)c(NC(=O)c2coc(CN)c2)c1. The van der Waals surface area contributed by atoms with Crippen molar-refractivity contribution >= 4 is 17.6 Å². The molecular weight excluding hydrogens is 312 g/mol. The molecule has 24 heavy (non-hydrogen) atoms. The summed E-state index contributed by atoms with van der Waals surface area (Å²) in [6.07, 6.45) is 1.23. The third-order valence-corrected chi connectivity index (χ3v) is 3.13. The molecule has 0 saturated heterocycles. The van der Waals surface area contributed by atoms with E-state index in [4.69, 9.17) is 19.6 Å². The van der Waals surface area contributed by atoms with Crippen molar-refractivity contribution in [2.24, 2.45) is 5.73 Å². The molecule has 0 aliphatic rings. The summed E-state index contributed by atoms with van der Waals surface area (Å²) in [5.74, 6) is 0.0556. The number of hydrogen-bond acceptors (Lipinski definition) is 6. The van der Waals surface area contributed by atoms with Crippen LogP contribution in [0.25, 0.3) is 0 Å². The molecule has 0 aliphatic carbocycles. The van der Waals surface area contributed by atoms with E-state index in [0.29, 0.717) is 28.3 Å². The van der Waals surface area contributed by atoms with E-state index in [9.17, 15) is 9.59 Å². The maximum atomic E-state index is 12.3. The molecule has 0 aliphatic heterocycles. The van der Waals surface area contributed by atoms with E-state index >= 15 is 0 Å². The van der Waals surface area contributed by atoms with Gasteiger partial charge in [-0.2, -0.15) is 0 Å². The summed E-state index contributed by atoms with van der Waals surface area (Å²) < 4.78 is 15.5. The van der Waals surface area contributed by atoms with Crippen LogP contribution in [0.15, 0.2) is 34.9 Å². The van der Waals surface area contributed by atoms with Crippen LogP contribution in [0.4, 0.5) is 5.69 Å². The van der Waals surface area contributed by atoms with Crippen LogP contribution in [0, 0.1) is 0 Å². The van der Waals surface area contributed by atoms with Crippen LogP contribution in [0.1, 0.15) is 40.3 Å². The van der Waals surface area contributed by atoms with Crippen molar-refractivity contribution in [1.82, 2.24) is 0 Å². The zero-order valence-electron chi connectivity index (χ0n) is 13.8. The maximum Gasteiger partial charge on any atom is 0.337 e. The Labute approximate surface area is 139 Å². The molecule has 0 fully saturated rings. The second-order valence-electron chi connectivity index (χ2n) is 5.33. The average Bonchev–Trinajstić information content (AvgIpc) is 3.04. The largest absolute Gasteiger partial charge is 0.489 e. The van der Waals surface area contributed by atoms with Gasteiger partial charge in [-0.1, -0.05) is 0 Å². The molecule has 2 rings (SSSR count). The van der Waals surface area contributed by atoms with Gasteiger partial charge in [0.05, 0.1) is 36.6 Å². The van der Waals surface area contributed by atoms with Gasteiger partial charge in [0.25, 0.3) is 5.91 Å². The maximum absolute atomic E-state index is 12.3. The predicted octanol–water partition coefficient (Wildman–Crippen LogP) is 2.56.